The Kier molecular flexibility index (Phi) is 5.13. The molecule has 1 aliphatic heterocycles. The zero-order chi connectivity index (χ0) is 16.3. The summed E-state index contributed by atoms with van der Waals surface area (Å²) in [4.78, 5) is 25.0. The molecule has 0 unspecified atom stereocenters. The second-order valence-electron chi connectivity index (χ2n) is 6.24. The van der Waals surface area contributed by atoms with E-state index in [1.807, 2.05) is 13.8 Å². The first kappa shape index (κ1) is 16.4. The van der Waals surface area contributed by atoms with Crippen molar-refractivity contribution in [3.8, 4) is 0 Å². The van der Waals surface area contributed by atoms with Gasteiger partial charge in [0.2, 0.25) is 5.91 Å². The van der Waals surface area contributed by atoms with Gasteiger partial charge in [0.15, 0.2) is 0 Å². The Bertz CT molecular complexity index is 586. The number of likely N-dealkylation sites (tertiary alicyclic amines) is 1. The van der Waals surface area contributed by atoms with Gasteiger partial charge in [0, 0.05) is 12.6 Å². The molecule has 1 fully saturated rings. The number of hydrogen-bond acceptors (Lipinski definition) is 4. The highest BCUT2D eigenvalue weighted by atomic mass is 16.6. The molecule has 0 aromatic heterocycles. The van der Waals surface area contributed by atoms with Crippen molar-refractivity contribution in [3.63, 3.8) is 0 Å². The number of benzene rings is 1. The number of amides is 1. The number of anilines is 1. The molecule has 22 heavy (non-hydrogen) atoms. The lowest BCUT2D eigenvalue weighted by molar-refractivity contribution is -0.384. The molecule has 1 aliphatic rings. The molecule has 1 aromatic carbocycles. The van der Waals surface area contributed by atoms with Crippen molar-refractivity contribution in [2.24, 2.45) is 5.92 Å². The largest absolute Gasteiger partial charge is 0.319 e. The van der Waals surface area contributed by atoms with Crippen LogP contribution in [0.5, 0.6) is 0 Å². The summed E-state index contributed by atoms with van der Waals surface area (Å²) in [5.74, 6) is 0.401. The second kappa shape index (κ2) is 6.87. The molecule has 0 saturated carbocycles. The van der Waals surface area contributed by atoms with Crippen LogP contribution in [0.25, 0.3) is 0 Å². The fraction of sp³-hybridized carbons (Fsp3) is 0.562. The number of hydrogen-bond donors (Lipinski definition) is 1. The van der Waals surface area contributed by atoms with Crippen molar-refractivity contribution < 1.29 is 9.72 Å². The van der Waals surface area contributed by atoms with E-state index in [0.29, 0.717) is 5.92 Å². The quantitative estimate of drug-likeness (QED) is 0.685. The fourth-order valence-electron chi connectivity index (χ4n) is 2.88. The molecule has 0 radical (unpaired) electrons. The van der Waals surface area contributed by atoms with Gasteiger partial charge in [-0.05, 0) is 56.3 Å². The van der Waals surface area contributed by atoms with E-state index >= 15 is 0 Å². The van der Waals surface area contributed by atoms with Crippen LogP contribution >= 0.6 is 0 Å². The van der Waals surface area contributed by atoms with Gasteiger partial charge in [-0.2, -0.15) is 0 Å². The van der Waals surface area contributed by atoms with E-state index < -0.39 is 4.92 Å². The van der Waals surface area contributed by atoms with Crippen LogP contribution in [0.2, 0.25) is 0 Å². The zero-order valence-electron chi connectivity index (χ0n) is 13.4. The third kappa shape index (κ3) is 4.04. The van der Waals surface area contributed by atoms with E-state index in [1.54, 1.807) is 6.07 Å². The molecule has 1 saturated heterocycles. The van der Waals surface area contributed by atoms with E-state index in [9.17, 15) is 14.9 Å². The van der Waals surface area contributed by atoms with Gasteiger partial charge in [-0.15, -0.1) is 0 Å². The highest BCUT2D eigenvalue weighted by Crippen LogP contribution is 2.28. The molecule has 1 amide bonds. The molecule has 6 heteroatoms. The van der Waals surface area contributed by atoms with Crippen molar-refractivity contribution in [3.05, 3.63) is 33.4 Å². The predicted octanol–water partition coefficient (Wildman–Crippen LogP) is 2.88. The molecule has 1 atom stereocenters. The fourth-order valence-corrected chi connectivity index (χ4v) is 2.88. The molecule has 1 N–H and O–H groups in total. The van der Waals surface area contributed by atoms with Crippen LogP contribution < -0.4 is 5.32 Å². The maximum absolute atomic E-state index is 12.2. The summed E-state index contributed by atoms with van der Waals surface area (Å²) in [7, 11) is 0. The average molecular weight is 305 g/mol. The maximum atomic E-state index is 12.2. The lowest BCUT2D eigenvalue weighted by Crippen LogP contribution is -2.39. The van der Waals surface area contributed by atoms with Crippen LogP contribution in [-0.2, 0) is 4.79 Å². The summed E-state index contributed by atoms with van der Waals surface area (Å²) in [6.45, 7) is 7.98. The van der Waals surface area contributed by atoms with Crippen LogP contribution in [0.3, 0.4) is 0 Å². The van der Waals surface area contributed by atoms with Crippen LogP contribution in [0.4, 0.5) is 11.4 Å². The van der Waals surface area contributed by atoms with Crippen LogP contribution in [0.1, 0.15) is 30.9 Å². The Morgan fingerprint density at radius 2 is 2.09 bits per heavy atom. The van der Waals surface area contributed by atoms with Crippen molar-refractivity contribution in [1.29, 1.82) is 0 Å². The lowest BCUT2D eigenvalue weighted by atomic mass is 10.0. The minimum atomic E-state index is -0.453. The Labute approximate surface area is 130 Å². The van der Waals surface area contributed by atoms with Crippen LogP contribution in [-0.4, -0.2) is 35.4 Å². The van der Waals surface area contributed by atoms with Gasteiger partial charge in [-0.1, -0.05) is 6.92 Å². The summed E-state index contributed by atoms with van der Waals surface area (Å²) < 4.78 is 0. The summed E-state index contributed by atoms with van der Waals surface area (Å²) in [5.41, 5.74) is 1.99. The van der Waals surface area contributed by atoms with Gasteiger partial charge in [-0.25, -0.2) is 0 Å². The van der Waals surface area contributed by atoms with E-state index in [0.717, 1.165) is 30.6 Å². The Morgan fingerprint density at radius 1 is 1.41 bits per heavy atom. The molecular weight excluding hydrogens is 282 g/mol. The van der Waals surface area contributed by atoms with E-state index in [-0.39, 0.29) is 23.8 Å². The normalized spacial score (nSPS) is 19.0. The van der Waals surface area contributed by atoms with Gasteiger partial charge in [0.05, 0.1) is 11.5 Å². The van der Waals surface area contributed by atoms with Gasteiger partial charge >= 0.3 is 0 Å². The minimum absolute atomic E-state index is 0.0523. The topological polar surface area (TPSA) is 75.5 Å². The van der Waals surface area contributed by atoms with Gasteiger partial charge in [0.25, 0.3) is 5.69 Å². The molecule has 1 aromatic rings. The number of carbonyl (C=O) groups excluding carboxylic acids is 1. The van der Waals surface area contributed by atoms with Crippen molar-refractivity contribution in [2.45, 2.75) is 33.6 Å². The van der Waals surface area contributed by atoms with E-state index in [4.69, 9.17) is 0 Å². The second-order valence-corrected chi connectivity index (χ2v) is 6.24. The van der Waals surface area contributed by atoms with Crippen molar-refractivity contribution in [2.75, 3.05) is 25.0 Å². The highest BCUT2D eigenvalue weighted by molar-refractivity contribution is 5.94. The smallest absolute Gasteiger partial charge is 0.293 e. The highest BCUT2D eigenvalue weighted by Gasteiger charge is 2.21. The van der Waals surface area contributed by atoms with E-state index in [1.165, 1.54) is 12.5 Å². The number of carbonyl (C=O) groups is 1. The molecular formula is C16H23N3O3. The molecule has 0 bridgehead atoms. The number of nitro benzene ring substituents is 1. The first-order chi connectivity index (χ1) is 10.4. The van der Waals surface area contributed by atoms with Crippen molar-refractivity contribution >= 4 is 17.3 Å². The van der Waals surface area contributed by atoms with Crippen LogP contribution in [0.15, 0.2) is 12.1 Å². The molecule has 0 aliphatic carbocycles. The molecule has 0 spiro atoms. The third-order valence-electron chi connectivity index (χ3n) is 4.19. The minimum Gasteiger partial charge on any atom is -0.319 e. The Morgan fingerprint density at radius 3 is 2.73 bits per heavy atom. The summed E-state index contributed by atoms with van der Waals surface area (Å²) in [5, 5.41) is 13.8. The maximum Gasteiger partial charge on any atom is 0.293 e. The standard InChI is InChI=1S/C16H23N3O3/c1-11-5-4-6-18(9-11)10-16(20)17-14-7-12(2)13(3)8-15(14)19(21)22/h7-8,11H,4-6,9-10H2,1-3H3,(H,17,20)/t11-/m1/s1. The summed E-state index contributed by atoms with van der Waals surface area (Å²) in [6.07, 6.45) is 2.29. The van der Waals surface area contributed by atoms with Gasteiger partial charge < -0.3 is 5.32 Å². The number of rotatable bonds is 4. The molecule has 120 valence electrons. The van der Waals surface area contributed by atoms with Gasteiger partial charge in [0.1, 0.15) is 5.69 Å². The Hall–Kier alpha value is -1.95. The first-order valence-electron chi connectivity index (χ1n) is 7.64. The lowest BCUT2D eigenvalue weighted by Gasteiger charge is -2.30. The molecule has 6 nitrogen and oxygen atoms in total. The monoisotopic (exact) mass is 305 g/mol. The molecule has 2 rings (SSSR count). The number of aryl methyl sites for hydroxylation is 2. The van der Waals surface area contributed by atoms with Crippen LogP contribution in [0, 0.1) is 29.9 Å². The number of nitro groups is 1. The Balaban J connectivity index is 2.07. The molecule has 1 heterocycles. The number of piperidine rings is 1. The van der Waals surface area contributed by atoms with E-state index in [2.05, 4.69) is 17.1 Å². The number of nitrogens with one attached hydrogen (secondary N) is 1. The number of nitrogens with zero attached hydrogens (tertiary/aromatic N) is 2. The zero-order valence-corrected chi connectivity index (χ0v) is 13.4. The first-order valence-corrected chi connectivity index (χ1v) is 7.64. The third-order valence-corrected chi connectivity index (χ3v) is 4.19. The summed E-state index contributed by atoms with van der Waals surface area (Å²) in [6, 6.07) is 3.18. The summed E-state index contributed by atoms with van der Waals surface area (Å²) >= 11 is 0. The predicted molar refractivity (Wildman–Crippen MR) is 86.0 cm³/mol. The van der Waals surface area contributed by atoms with Gasteiger partial charge in [-0.3, -0.25) is 19.8 Å². The SMILES string of the molecule is Cc1cc(NC(=O)CN2CCC[C@@H](C)C2)c([N+](=O)[O-])cc1C. The van der Waals surface area contributed by atoms with Crippen molar-refractivity contribution in [1.82, 2.24) is 4.90 Å². The average Bonchev–Trinajstić information content (AvgIpc) is 2.42.